The number of halogens is 2. The maximum absolute atomic E-state index is 11.8. The van der Waals surface area contributed by atoms with E-state index in [-0.39, 0.29) is 5.91 Å². The Balaban J connectivity index is 1.62. The minimum atomic E-state index is 0.0226. The third kappa shape index (κ3) is 6.30. The molecule has 2 rings (SSSR count). The second kappa shape index (κ2) is 9.09. The molecule has 2 nitrogen and oxygen atoms in total. The zero-order valence-electron chi connectivity index (χ0n) is 12.0. The van der Waals surface area contributed by atoms with Crippen molar-refractivity contribution in [3.8, 4) is 0 Å². The van der Waals surface area contributed by atoms with Crippen LogP contribution in [-0.4, -0.2) is 18.2 Å². The van der Waals surface area contributed by atoms with Crippen molar-refractivity contribution in [3.05, 3.63) is 69.7 Å². The molecular formula is C17H17Cl2NOS. The van der Waals surface area contributed by atoms with E-state index < -0.39 is 0 Å². The van der Waals surface area contributed by atoms with E-state index in [1.807, 2.05) is 42.5 Å². The lowest BCUT2D eigenvalue weighted by Crippen LogP contribution is -2.27. The maximum Gasteiger partial charge on any atom is 0.224 e. The molecule has 5 heteroatoms. The van der Waals surface area contributed by atoms with Gasteiger partial charge in [-0.2, -0.15) is 11.8 Å². The van der Waals surface area contributed by atoms with E-state index in [1.54, 1.807) is 17.8 Å². The normalized spacial score (nSPS) is 10.5. The van der Waals surface area contributed by atoms with Crippen LogP contribution in [0.15, 0.2) is 48.5 Å². The van der Waals surface area contributed by atoms with Crippen LogP contribution >= 0.6 is 35.0 Å². The molecule has 0 aliphatic rings. The Kier molecular flexibility index (Phi) is 7.10. The van der Waals surface area contributed by atoms with Crippen LogP contribution in [0.5, 0.6) is 0 Å². The molecule has 0 unspecified atom stereocenters. The minimum absolute atomic E-state index is 0.0226. The second-order valence-corrected chi connectivity index (χ2v) is 6.81. The molecule has 2 aromatic carbocycles. The van der Waals surface area contributed by atoms with Crippen LogP contribution in [0.2, 0.25) is 10.0 Å². The maximum atomic E-state index is 11.8. The molecule has 0 saturated carbocycles. The van der Waals surface area contributed by atoms with Crippen LogP contribution < -0.4 is 5.32 Å². The Morgan fingerprint density at radius 3 is 2.50 bits per heavy atom. The van der Waals surface area contributed by atoms with Crippen molar-refractivity contribution in [3.63, 3.8) is 0 Å². The number of hydrogen-bond donors (Lipinski definition) is 1. The molecule has 0 radical (unpaired) electrons. The largest absolute Gasteiger partial charge is 0.355 e. The highest BCUT2D eigenvalue weighted by atomic mass is 35.5. The summed E-state index contributed by atoms with van der Waals surface area (Å²) >= 11 is 13.5. The Morgan fingerprint density at radius 2 is 1.77 bits per heavy atom. The highest BCUT2D eigenvalue weighted by Gasteiger charge is 2.03. The summed E-state index contributed by atoms with van der Waals surface area (Å²) in [5, 5.41) is 4.33. The number of carbonyl (C=O) groups excluding carboxylic acids is 1. The quantitative estimate of drug-likeness (QED) is 0.737. The van der Waals surface area contributed by atoms with Gasteiger partial charge in [-0.3, -0.25) is 4.79 Å². The smallest absolute Gasteiger partial charge is 0.224 e. The van der Waals surface area contributed by atoms with Gasteiger partial charge >= 0.3 is 0 Å². The Morgan fingerprint density at radius 1 is 1.00 bits per heavy atom. The lowest BCUT2D eigenvalue weighted by atomic mass is 10.1. The van der Waals surface area contributed by atoms with Crippen molar-refractivity contribution < 1.29 is 4.79 Å². The molecule has 0 atom stereocenters. The van der Waals surface area contributed by atoms with Gasteiger partial charge in [0.1, 0.15) is 0 Å². The van der Waals surface area contributed by atoms with E-state index in [0.717, 1.165) is 22.1 Å². The van der Waals surface area contributed by atoms with E-state index >= 15 is 0 Å². The number of benzene rings is 2. The lowest BCUT2D eigenvalue weighted by molar-refractivity contribution is -0.120. The summed E-state index contributed by atoms with van der Waals surface area (Å²) in [5.41, 5.74) is 2.17. The van der Waals surface area contributed by atoms with Gasteiger partial charge in [-0.25, -0.2) is 0 Å². The van der Waals surface area contributed by atoms with Crippen LogP contribution in [0.3, 0.4) is 0 Å². The molecular weight excluding hydrogens is 337 g/mol. The average molecular weight is 354 g/mol. The van der Waals surface area contributed by atoms with Crippen LogP contribution in [0.25, 0.3) is 0 Å². The molecule has 0 aromatic heterocycles. The number of amides is 1. The summed E-state index contributed by atoms with van der Waals surface area (Å²) in [6.07, 6.45) is 0.364. The van der Waals surface area contributed by atoms with Gasteiger partial charge < -0.3 is 5.32 Å². The average Bonchev–Trinajstić information content (AvgIpc) is 2.49. The van der Waals surface area contributed by atoms with E-state index in [0.29, 0.717) is 18.0 Å². The first-order chi connectivity index (χ1) is 10.6. The van der Waals surface area contributed by atoms with Gasteiger partial charge in [0.2, 0.25) is 5.91 Å². The van der Waals surface area contributed by atoms with Crippen molar-refractivity contribution in [2.24, 2.45) is 0 Å². The van der Waals surface area contributed by atoms with Crippen LogP contribution in [0, 0.1) is 0 Å². The molecule has 1 amide bonds. The molecule has 0 aliphatic heterocycles. The second-order valence-electron chi connectivity index (χ2n) is 4.84. The fourth-order valence-corrected chi connectivity index (χ4v) is 3.09. The molecule has 0 spiro atoms. The van der Waals surface area contributed by atoms with Gasteiger partial charge in [-0.1, -0.05) is 47.5 Å². The van der Waals surface area contributed by atoms with Crippen LogP contribution in [0.1, 0.15) is 11.1 Å². The van der Waals surface area contributed by atoms with Crippen molar-refractivity contribution in [1.29, 1.82) is 0 Å². The molecule has 0 aliphatic carbocycles. The fourth-order valence-electron chi connectivity index (χ4n) is 1.93. The predicted octanol–water partition coefficient (Wildman–Crippen LogP) is 4.59. The van der Waals surface area contributed by atoms with Gasteiger partial charge in [-0.15, -0.1) is 0 Å². The lowest BCUT2D eigenvalue weighted by Gasteiger charge is -2.06. The Bertz CT molecular complexity index is 616. The van der Waals surface area contributed by atoms with E-state index in [2.05, 4.69) is 5.32 Å². The number of thioether (sulfide) groups is 1. The third-order valence-electron chi connectivity index (χ3n) is 3.00. The summed E-state index contributed by atoms with van der Waals surface area (Å²) in [6, 6.07) is 15.2. The number of rotatable bonds is 7. The first kappa shape index (κ1) is 17.2. The Labute approximate surface area is 145 Å². The van der Waals surface area contributed by atoms with Gasteiger partial charge in [0, 0.05) is 28.1 Å². The predicted molar refractivity (Wildman–Crippen MR) is 95.8 cm³/mol. The van der Waals surface area contributed by atoms with Crippen LogP contribution in [-0.2, 0) is 17.0 Å². The summed E-state index contributed by atoms with van der Waals surface area (Å²) in [4.78, 5) is 11.8. The standard InChI is InChI=1S/C17H17Cl2NOS/c18-15-6-4-13(5-7-15)12-22-9-8-20-17(21)11-14-2-1-3-16(19)10-14/h1-7,10H,8-9,11-12H2,(H,20,21). The topological polar surface area (TPSA) is 29.1 Å². The zero-order valence-corrected chi connectivity index (χ0v) is 14.3. The molecule has 0 saturated heterocycles. The third-order valence-corrected chi connectivity index (χ3v) is 4.52. The van der Waals surface area contributed by atoms with E-state index in [4.69, 9.17) is 23.2 Å². The number of hydrogen-bond acceptors (Lipinski definition) is 2. The summed E-state index contributed by atoms with van der Waals surface area (Å²) in [7, 11) is 0. The van der Waals surface area contributed by atoms with Crippen molar-refractivity contribution in [2.75, 3.05) is 12.3 Å². The highest BCUT2D eigenvalue weighted by molar-refractivity contribution is 7.98. The minimum Gasteiger partial charge on any atom is -0.355 e. The number of nitrogens with one attached hydrogen (secondary N) is 1. The first-order valence-corrected chi connectivity index (χ1v) is 8.88. The fraction of sp³-hybridized carbons (Fsp3) is 0.235. The molecule has 0 heterocycles. The molecule has 2 aromatic rings. The van der Waals surface area contributed by atoms with Crippen molar-refractivity contribution in [2.45, 2.75) is 12.2 Å². The SMILES string of the molecule is O=C(Cc1cccc(Cl)c1)NCCSCc1ccc(Cl)cc1. The molecule has 0 bridgehead atoms. The van der Waals surface area contributed by atoms with Crippen molar-refractivity contribution in [1.82, 2.24) is 5.32 Å². The molecule has 22 heavy (non-hydrogen) atoms. The highest BCUT2D eigenvalue weighted by Crippen LogP contribution is 2.15. The van der Waals surface area contributed by atoms with Gasteiger partial charge in [0.05, 0.1) is 6.42 Å². The van der Waals surface area contributed by atoms with Gasteiger partial charge in [-0.05, 0) is 35.4 Å². The number of carbonyl (C=O) groups is 1. The summed E-state index contributed by atoms with van der Waals surface area (Å²) in [6.45, 7) is 0.664. The summed E-state index contributed by atoms with van der Waals surface area (Å²) in [5.74, 6) is 1.82. The van der Waals surface area contributed by atoms with Gasteiger partial charge in [0.15, 0.2) is 0 Å². The van der Waals surface area contributed by atoms with E-state index in [9.17, 15) is 4.79 Å². The monoisotopic (exact) mass is 353 g/mol. The van der Waals surface area contributed by atoms with Gasteiger partial charge in [0.25, 0.3) is 0 Å². The molecule has 0 fully saturated rings. The zero-order chi connectivity index (χ0) is 15.8. The first-order valence-electron chi connectivity index (χ1n) is 6.97. The molecule has 1 N–H and O–H groups in total. The van der Waals surface area contributed by atoms with Crippen molar-refractivity contribution >= 4 is 40.9 Å². The Hall–Kier alpha value is -1.16. The van der Waals surface area contributed by atoms with E-state index in [1.165, 1.54) is 5.56 Å². The molecule has 116 valence electrons. The summed E-state index contributed by atoms with van der Waals surface area (Å²) < 4.78 is 0. The van der Waals surface area contributed by atoms with Crippen LogP contribution in [0.4, 0.5) is 0 Å².